The number of amides is 1. The Hall–Kier alpha value is -1.66. The van der Waals surface area contributed by atoms with E-state index in [4.69, 9.17) is 4.74 Å². The largest absolute Gasteiger partial charge is 0.466 e. The molecule has 0 fully saturated rings. The first kappa shape index (κ1) is 60.3. The van der Waals surface area contributed by atoms with Gasteiger partial charge in [0, 0.05) is 12.8 Å². The van der Waals surface area contributed by atoms with E-state index < -0.39 is 12.1 Å². The lowest BCUT2D eigenvalue weighted by Gasteiger charge is -2.19. The number of rotatable bonds is 51. The number of esters is 1. The SMILES string of the molecule is CCCCCCCCCCCCCC/C=C/C(O)C(CO)NC(=O)CCCCC/C=C\CCCCCCCCOC(=O)CCCCCCCCCCCCCCCCCCCC. The number of allylic oxidation sites excluding steroid dienone is 3. The lowest BCUT2D eigenvalue weighted by molar-refractivity contribution is -0.143. The minimum Gasteiger partial charge on any atom is -0.466 e. The maximum Gasteiger partial charge on any atom is 0.305 e. The molecule has 0 aliphatic heterocycles. The van der Waals surface area contributed by atoms with Gasteiger partial charge in [0.15, 0.2) is 0 Å². The van der Waals surface area contributed by atoms with Crippen molar-refractivity contribution >= 4 is 11.9 Å². The van der Waals surface area contributed by atoms with Gasteiger partial charge in [0.25, 0.3) is 0 Å². The van der Waals surface area contributed by atoms with E-state index in [1.165, 1.54) is 199 Å². The second-order valence-corrected chi connectivity index (χ2v) is 18.9. The summed E-state index contributed by atoms with van der Waals surface area (Å²) in [5, 5.41) is 23.0. The van der Waals surface area contributed by atoms with Gasteiger partial charge in [-0.15, -0.1) is 0 Å². The highest BCUT2D eigenvalue weighted by Gasteiger charge is 2.18. The van der Waals surface area contributed by atoms with Crippen molar-refractivity contribution < 1.29 is 24.5 Å². The fourth-order valence-corrected chi connectivity index (χ4v) is 8.45. The average molecular weight is 874 g/mol. The third-order valence-corrected chi connectivity index (χ3v) is 12.7. The maximum absolute atomic E-state index is 12.4. The van der Waals surface area contributed by atoms with Crippen LogP contribution in [0.25, 0.3) is 0 Å². The summed E-state index contributed by atoms with van der Waals surface area (Å²) in [6.07, 6.45) is 61.9. The van der Waals surface area contributed by atoms with Gasteiger partial charge in [0.05, 0.1) is 25.4 Å². The van der Waals surface area contributed by atoms with Gasteiger partial charge in [0.1, 0.15) is 0 Å². The molecule has 0 aliphatic rings. The lowest BCUT2D eigenvalue weighted by Crippen LogP contribution is -2.45. The van der Waals surface area contributed by atoms with E-state index in [0.29, 0.717) is 19.4 Å². The third kappa shape index (κ3) is 47.8. The van der Waals surface area contributed by atoms with Crippen LogP contribution in [0.4, 0.5) is 0 Å². The molecule has 0 aromatic rings. The van der Waals surface area contributed by atoms with Gasteiger partial charge in [0.2, 0.25) is 5.91 Å². The molecule has 0 aromatic heterocycles. The predicted molar refractivity (Wildman–Crippen MR) is 269 cm³/mol. The molecule has 3 N–H and O–H groups in total. The highest BCUT2D eigenvalue weighted by atomic mass is 16.5. The van der Waals surface area contributed by atoms with Crippen LogP contribution in [-0.2, 0) is 14.3 Å². The van der Waals surface area contributed by atoms with E-state index in [1.54, 1.807) is 6.08 Å². The van der Waals surface area contributed by atoms with Gasteiger partial charge in [-0.2, -0.15) is 0 Å². The summed E-state index contributed by atoms with van der Waals surface area (Å²) in [7, 11) is 0. The molecule has 2 unspecified atom stereocenters. The van der Waals surface area contributed by atoms with E-state index in [9.17, 15) is 19.8 Å². The predicted octanol–water partition coefficient (Wildman–Crippen LogP) is 16.7. The first-order valence-corrected chi connectivity index (χ1v) is 27.6. The summed E-state index contributed by atoms with van der Waals surface area (Å²) in [4.78, 5) is 24.5. The van der Waals surface area contributed by atoms with Gasteiger partial charge in [-0.05, 0) is 57.8 Å². The molecule has 0 aliphatic carbocycles. The van der Waals surface area contributed by atoms with E-state index in [1.807, 2.05) is 6.08 Å². The fraction of sp³-hybridized carbons (Fsp3) is 0.893. The Morgan fingerprint density at radius 3 is 1.16 bits per heavy atom. The van der Waals surface area contributed by atoms with Gasteiger partial charge < -0.3 is 20.3 Å². The molecule has 0 heterocycles. The van der Waals surface area contributed by atoms with Crippen LogP contribution in [0.5, 0.6) is 0 Å². The van der Waals surface area contributed by atoms with Crippen LogP contribution >= 0.6 is 0 Å². The minimum atomic E-state index is -0.860. The summed E-state index contributed by atoms with van der Waals surface area (Å²) < 4.78 is 5.47. The molecule has 0 saturated carbocycles. The summed E-state index contributed by atoms with van der Waals surface area (Å²) in [5.74, 6) is -0.107. The molecule has 366 valence electrons. The number of carbonyl (C=O) groups is 2. The lowest BCUT2D eigenvalue weighted by atomic mass is 10.0. The first-order chi connectivity index (χ1) is 30.5. The Morgan fingerprint density at radius 1 is 0.435 bits per heavy atom. The van der Waals surface area contributed by atoms with Crippen molar-refractivity contribution in [1.82, 2.24) is 5.32 Å². The maximum atomic E-state index is 12.4. The zero-order chi connectivity index (χ0) is 45.1. The van der Waals surface area contributed by atoms with Gasteiger partial charge in [-0.25, -0.2) is 0 Å². The molecule has 2 atom stereocenters. The van der Waals surface area contributed by atoms with Gasteiger partial charge in [-0.1, -0.05) is 250 Å². The number of aliphatic hydroxyl groups excluding tert-OH is 2. The number of hydrogen-bond donors (Lipinski definition) is 3. The summed E-state index contributed by atoms with van der Waals surface area (Å²) in [5.41, 5.74) is 0. The normalized spacial score (nSPS) is 12.8. The molecule has 1 amide bonds. The van der Waals surface area contributed by atoms with Gasteiger partial charge in [-0.3, -0.25) is 9.59 Å². The van der Waals surface area contributed by atoms with Crippen molar-refractivity contribution in [3.05, 3.63) is 24.3 Å². The van der Waals surface area contributed by atoms with Crippen LogP contribution < -0.4 is 5.32 Å². The molecule has 0 aromatic carbocycles. The smallest absolute Gasteiger partial charge is 0.305 e. The molecule has 0 bridgehead atoms. The Labute approximate surface area is 386 Å². The summed E-state index contributed by atoms with van der Waals surface area (Å²) in [6.45, 7) is 4.87. The van der Waals surface area contributed by atoms with Crippen molar-refractivity contribution in [2.24, 2.45) is 0 Å². The second-order valence-electron chi connectivity index (χ2n) is 18.9. The van der Waals surface area contributed by atoms with Crippen molar-refractivity contribution in [3.63, 3.8) is 0 Å². The number of aliphatic hydroxyl groups is 2. The van der Waals surface area contributed by atoms with E-state index in [0.717, 1.165) is 70.6 Å². The summed E-state index contributed by atoms with van der Waals surface area (Å²) in [6, 6.07) is -0.647. The number of ether oxygens (including phenoxy) is 1. The van der Waals surface area contributed by atoms with Crippen molar-refractivity contribution in [2.75, 3.05) is 13.2 Å². The molecule has 0 rings (SSSR count). The number of hydrogen-bond acceptors (Lipinski definition) is 5. The minimum absolute atomic E-state index is 0.00976. The van der Waals surface area contributed by atoms with Gasteiger partial charge >= 0.3 is 5.97 Å². The molecule has 62 heavy (non-hydrogen) atoms. The number of nitrogens with one attached hydrogen (secondary N) is 1. The zero-order valence-corrected chi connectivity index (χ0v) is 41.6. The molecule has 6 heteroatoms. The third-order valence-electron chi connectivity index (χ3n) is 12.7. The number of unbranched alkanes of at least 4 members (excludes halogenated alkanes) is 38. The quantitative estimate of drug-likeness (QED) is 0.0321. The molecule has 0 radical (unpaired) electrons. The van der Waals surface area contributed by atoms with Crippen LogP contribution in [0.1, 0.15) is 296 Å². The Morgan fingerprint density at radius 2 is 0.758 bits per heavy atom. The van der Waals surface area contributed by atoms with Crippen LogP contribution in [0, 0.1) is 0 Å². The van der Waals surface area contributed by atoms with Crippen LogP contribution in [0.2, 0.25) is 0 Å². The van der Waals surface area contributed by atoms with Crippen molar-refractivity contribution in [3.8, 4) is 0 Å². The standard InChI is InChI=1S/C56H107NO5/c1-3-5-7-9-11-13-15-17-19-20-21-22-26-30-34-38-42-46-50-56(61)62-51-47-43-39-35-31-27-23-25-29-33-37-41-45-49-55(60)57-53(52-58)54(59)48-44-40-36-32-28-24-18-16-14-12-10-8-6-4-2/h25,29,44,48,53-54,58-59H,3-24,26-28,30-43,45-47,49-52H2,1-2H3,(H,57,60)/b29-25-,48-44+. The Balaban J connectivity index is 3.49. The van der Waals surface area contributed by atoms with E-state index in [2.05, 4.69) is 31.3 Å². The van der Waals surface area contributed by atoms with E-state index >= 15 is 0 Å². The monoisotopic (exact) mass is 874 g/mol. The topological polar surface area (TPSA) is 95.9 Å². The molecule has 0 spiro atoms. The zero-order valence-electron chi connectivity index (χ0n) is 41.6. The molecule has 6 nitrogen and oxygen atoms in total. The molecular formula is C56H107NO5. The average Bonchev–Trinajstić information content (AvgIpc) is 3.27. The van der Waals surface area contributed by atoms with Crippen LogP contribution in [-0.4, -0.2) is 47.4 Å². The molecule has 0 saturated heterocycles. The highest BCUT2D eigenvalue weighted by Crippen LogP contribution is 2.16. The Kier molecular flexibility index (Phi) is 50.6. The van der Waals surface area contributed by atoms with Crippen LogP contribution in [0.15, 0.2) is 24.3 Å². The van der Waals surface area contributed by atoms with Crippen molar-refractivity contribution in [1.29, 1.82) is 0 Å². The van der Waals surface area contributed by atoms with Crippen molar-refractivity contribution in [2.45, 2.75) is 309 Å². The van der Waals surface area contributed by atoms with E-state index in [-0.39, 0.29) is 18.5 Å². The Bertz CT molecular complexity index is 966. The fourth-order valence-electron chi connectivity index (χ4n) is 8.45. The highest BCUT2D eigenvalue weighted by molar-refractivity contribution is 5.76. The number of carbonyl (C=O) groups excluding carboxylic acids is 2. The summed E-state index contributed by atoms with van der Waals surface area (Å²) >= 11 is 0. The van der Waals surface area contributed by atoms with Crippen LogP contribution in [0.3, 0.4) is 0 Å². The second kappa shape index (κ2) is 52.0. The first-order valence-electron chi connectivity index (χ1n) is 27.6. The molecular weight excluding hydrogens is 767 g/mol.